The van der Waals surface area contributed by atoms with Gasteiger partial charge in [0.25, 0.3) is 0 Å². The number of carboxylic acid groups (broad SMARTS) is 1. The summed E-state index contributed by atoms with van der Waals surface area (Å²) in [6.45, 7) is 5.95. The Bertz CT molecular complexity index is 1130. The van der Waals surface area contributed by atoms with Gasteiger partial charge in [-0.2, -0.15) is 13.2 Å². The van der Waals surface area contributed by atoms with Crippen LogP contribution in [0.2, 0.25) is 0 Å². The molecule has 0 saturated heterocycles. The molecule has 1 aromatic heterocycles. The molecular weight excluding hydrogens is 455 g/mol. The van der Waals surface area contributed by atoms with E-state index in [0.29, 0.717) is 28.6 Å². The molecule has 3 rings (SSSR count). The van der Waals surface area contributed by atoms with E-state index in [1.54, 1.807) is 26.0 Å². The fourth-order valence-electron chi connectivity index (χ4n) is 3.27. The molecule has 9 heteroatoms. The van der Waals surface area contributed by atoms with Crippen LogP contribution in [0.5, 0.6) is 5.75 Å². The Morgan fingerprint density at radius 1 is 1.18 bits per heavy atom. The van der Waals surface area contributed by atoms with Crippen molar-refractivity contribution in [3.05, 3.63) is 69.7 Å². The maximum atomic E-state index is 13.0. The molecule has 0 aliphatic carbocycles. The third-order valence-electron chi connectivity index (χ3n) is 5.06. The molecule has 0 aliphatic heterocycles. The number of carbonyl (C=O) groups is 1. The van der Waals surface area contributed by atoms with E-state index < -0.39 is 23.8 Å². The Kier molecular flexibility index (Phi) is 7.76. The van der Waals surface area contributed by atoms with Gasteiger partial charge >= 0.3 is 12.1 Å². The average molecular weight is 480 g/mol. The Labute approximate surface area is 193 Å². The van der Waals surface area contributed by atoms with Gasteiger partial charge in [-0.1, -0.05) is 18.2 Å². The van der Waals surface area contributed by atoms with Crippen molar-refractivity contribution in [1.82, 2.24) is 4.98 Å². The monoisotopic (exact) mass is 479 g/mol. The molecule has 0 amide bonds. The van der Waals surface area contributed by atoms with E-state index in [0.717, 1.165) is 28.1 Å². The predicted octanol–water partition coefficient (Wildman–Crippen LogP) is 6.06. The minimum Gasteiger partial charge on any atom is -0.488 e. The van der Waals surface area contributed by atoms with Crippen molar-refractivity contribution < 1.29 is 32.5 Å². The molecule has 0 saturated carbocycles. The Balaban J connectivity index is 1.70. The van der Waals surface area contributed by atoms with Crippen molar-refractivity contribution in [3.63, 3.8) is 0 Å². The van der Waals surface area contributed by atoms with E-state index in [2.05, 4.69) is 4.98 Å². The van der Waals surface area contributed by atoms with E-state index in [9.17, 15) is 23.1 Å². The lowest BCUT2D eigenvalue weighted by Crippen LogP contribution is -2.26. The van der Waals surface area contributed by atoms with Gasteiger partial charge in [-0.15, -0.1) is 11.3 Å². The van der Waals surface area contributed by atoms with Crippen LogP contribution < -0.4 is 4.74 Å². The molecule has 3 aromatic rings. The lowest BCUT2D eigenvalue weighted by molar-refractivity contribution is -0.150. The zero-order chi connectivity index (χ0) is 24.2. The Morgan fingerprint density at radius 2 is 1.94 bits per heavy atom. The summed E-state index contributed by atoms with van der Waals surface area (Å²) in [6, 6.07) is 10.5. The summed E-state index contributed by atoms with van der Waals surface area (Å²) in [5, 5.41) is 9.78. The van der Waals surface area contributed by atoms with E-state index in [4.69, 9.17) is 9.47 Å². The summed E-state index contributed by atoms with van der Waals surface area (Å²) in [6.07, 6.45) is -5.07. The van der Waals surface area contributed by atoms with Crippen molar-refractivity contribution in [2.24, 2.45) is 0 Å². The largest absolute Gasteiger partial charge is 0.488 e. The number of aryl methyl sites for hydroxylation is 2. The molecule has 1 atom stereocenters. The van der Waals surface area contributed by atoms with Gasteiger partial charge in [0, 0.05) is 18.6 Å². The lowest BCUT2D eigenvalue weighted by Gasteiger charge is -2.15. The van der Waals surface area contributed by atoms with Crippen LogP contribution >= 0.6 is 11.3 Å². The van der Waals surface area contributed by atoms with Crippen LogP contribution in [0.4, 0.5) is 13.2 Å². The molecule has 0 aliphatic rings. The average Bonchev–Trinajstić information content (AvgIpc) is 3.13. The second-order valence-electron chi connectivity index (χ2n) is 7.47. The van der Waals surface area contributed by atoms with Gasteiger partial charge in [-0.05, 0) is 56.2 Å². The van der Waals surface area contributed by atoms with Crippen LogP contribution in [0.1, 0.15) is 34.2 Å². The highest BCUT2D eigenvalue weighted by Gasteiger charge is 2.30. The van der Waals surface area contributed by atoms with Crippen LogP contribution in [0.25, 0.3) is 10.6 Å². The number of carboxylic acids is 1. The third-order valence-corrected chi connectivity index (χ3v) is 6.24. The molecule has 1 unspecified atom stereocenters. The first kappa shape index (κ1) is 24.7. The first-order valence-corrected chi connectivity index (χ1v) is 11.1. The van der Waals surface area contributed by atoms with Gasteiger partial charge in [-0.3, -0.25) is 0 Å². The van der Waals surface area contributed by atoms with Crippen LogP contribution in [0.15, 0.2) is 42.5 Å². The van der Waals surface area contributed by atoms with Crippen LogP contribution in [0, 0.1) is 13.8 Å². The maximum Gasteiger partial charge on any atom is 0.416 e. The highest BCUT2D eigenvalue weighted by Crippen LogP contribution is 2.34. The number of hydrogen-bond donors (Lipinski definition) is 1. The molecule has 0 spiro atoms. The normalized spacial score (nSPS) is 12.5. The highest BCUT2D eigenvalue weighted by molar-refractivity contribution is 7.15. The summed E-state index contributed by atoms with van der Waals surface area (Å²) < 4.78 is 50.2. The number of ether oxygens (including phenoxy) is 2. The summed E-state index contributed by atoms with van der Waals surface area (Å²) in [5.74, 6) is -0.401. The van der Waals surface area contributed by atoms with Crippen molar-refractivity contribution in [2.45, 2.75) is 46.1 Å². The van der Waals surface area contributed by atoms with Gasteiger partial charge in [0.1, 0.15) is 17.4 Å². The number of nitrogens with zero attached hydrogens (tertiary/aromatic N) is 1. The first-order valence-electron chi connectivity index (χ1n) is 10.3. The number of hydrogen-bond acceptors (Lipinski definition) is 5. The number of aliphatic carboxylic acids is 1. The molecule has 1 N–H and O–H groups in total. The molecule has 1 heterocycles. The molecule has 176 valence electrons. The molecule has 0 radical (unpaired) electrons. The van der Waals surface area contributed by atoms with Gasteiger partial charge in [0.15, 0.2) is 6.10 Å². The Hall–Kier alpha value is -2.91. The van der Waals surface area contributed by atoms with Gasteiger partial charge < -0.3 is 14.6 Å². The predicted molar refractivity (Wildman–Crippen MR) is 120 cm³/mol. The van der Waals surface area contributed by atoms with Crippen LogP contribution in [-0.2, 0) is 28.7 Å². The van der Waals surface area contributed by atoms with Crippen molar-refractivity contribution >= 4 is 17.3 Å². The zero-order valence-corrected chi connectivity index (χ0v) is 19.2. The van der Waals surface area contributed by atoms with E-state index in [1.807, 2.05) is 19.1 Å². The number of benzene rings is 2. The fraction of sp³-hybridized carbons (Fsp3) is 0.333. The number of rotatable bonds is 9. The van der Waals surface area contributed by atoms with E-state index in [1.165, 1.54) is 17.4 Å². The molecule has 2 aromatic carbocycles. The fourth-order valence-corrected chi connectivity index (χ4v) is 4.24. The summed E-state index contributed by atoms with van der Waals surface area (Å²) in [7, 11) is 0. The van der Waals surface area contributed by atoms with Gasteiger partial charge in [0.05, 0.1) is 16.1 Å². The molecular formula is C24H24F3NO4S. The topological polar surface area (TPSA) is 68.7 Å². The number of thiazole rings is 1. The molecule has 0 fully saturated rings. The summed E-state index contributed by atoms with van der Waals surface area (Å²) >= 11 is 1.29. The number of aromatic nitrogens is 1. The van der Waals surface area contributed by atoms with Gasteiger partial charge in [0.2, 0.25) is 0 Å². The van der Waals surface area contributed by atoms with Crippen LogP contribution in [-0.4, -0.2) is 28.8 Å². The third kappa shape index (κ3) is 6.33. The van der Waals surface area contributed by atoms with Crippen molar-refractivity contribution in [3.8, 4) is 16.3 Å². The van der Waals surface area contributed by atoms with Crippen LogP contribution in [0.3, 0.4) is 0 Å². The van der Waals surface area contributed by atoms with Crippen molar-refractivity contribution in [1.29, 1.82) is 0 Å². The van der Waals surface area contributed by atoms with E-state index in [-0.39, 0.29) is 13.0 Å². The summed E-state index contributed by atoms with van der Waals surface area (Å²) in [4.78, 5) is 16.6. The minimum absolute atomic E-state index is 0.220. The maximum absolute atomic E-state index is 13.0. The zero-order valence-electron chi connectivity index (χ0n) is 18.4. The molecule has 5 nitrogen and oxygen atoms in total. The van der Waals surface area contributed by atoms with Gasteiger partial charge in [-0.25, -0.2) is 9.78 Å². The molecule has 0 bridgehead atoms. The standard InChI is InChI=1S/C24H24F3NO4S/c1-4-31-20(23(29)30)12-16-8-9-19(10-14(16)2)32-13-21-15(3)28-22(33-21)17-6-5-7-18(11-17)24(25,26)27/h5-11,20H,4,12-13H2,1-3H3,(H,29,30). The Morgan fingerprint density at radius 3 is 2.58 bits per heavy atom. The SMILES string of the molecule is CCOC(Cc1ccc(OCc2sc(-c3cccc(C(F)(F)F)c3)nc2C)cc1C)C(=O)O. The second kappa shape index (κ2) is 10.4. The smallest absolute Gasteiger partial charge is 0.416 e. The lowest BCUT2D eigenvalue weighted by atomic mass is 10.0. The second-order valence-corrected chi connectivity index (χ2v) is 8.55. The summed E-state index contributed by atoms with van der Waals surface area (Å²) in [5.41, 5.74) is 2.12. The number of halogens is 3. The molecule has 33 heavy (non-hydrogen) atoms. The highest BCUT2D eigenvalue weighted by atomic mass is 32.1. The van der Waals surface area contributed by atoms with E-state index >= 15 is 0 Å². The first-order chi connectivity index (χ1) is 15.6. The van der Waals surface area contributed by atoms with Crippen molar-refractivity contribution in [2.75, 3.05) is 6.61 Å². The minimum atomic E-state index is -4.41. The quantitative estimate of drug-likeness (QED) is 0.404. The number of alkyl halides is 3.